The second-order valence-electron chi connectivity index (χ2n) is 5.40. The number of hydrogen-bond acceptors (Lipinski definition) is 4. The minimum absolute atomic E-state index is 0.221. The van der Waals surface area contributed by atoms with Crippen LogP contribution in [0.1, 0.15) is 35.4 Å². The van der Waals surface area contributed by atoms with E-state index in [-0.39, 0.29) is 18.2 Å². The number of carbonyl (C=O) groups is 1. The molecule has 2 N–H and O–H groups in total. The Labute approximate surface area is 122 Å². The van der Waals surface area contributed by atoms with Crippen molar-refractivity contribution in [2.45, 2.75) is 31.8 Å². The van der Waals surface area contributed by atoms with Gasteiger partial charge in [0.2, 0.25) is 0 Å². The summed E-state index contributed by atoms with van der Waals surface area (Å²) in [7, 11) is 1.74. The van der Waals surface area contributed by atoms with Gasteiger partial charge >= 0.3 is 0 Å². The average molecular weight is 302 g/mol. The lowest BCUT2D eigenvalue weighted by molar-refractivity contribution is -0.0250. The maximum absolute atomic E-state index is 12.5. The second kappa shape index (κ2) is 5.71. The van der Waals surface area contributed by atoms with Crippen LogP contribution in [0.25, 0.3) is 0 Å². The molecule has 0 bridgehead atoms. The van der Waals surface area contributed by atoms with Crippen LogP contribution in [0.3, 0.4) is 0 Å². The molecule has 20 heavy (non-hydrogen) atoms. The molecule has 0 radical (unpaired) electrons. The third kappa shape index (κ3) is 2.82. The number of hydrogen-bond donors (Lipinski definition) is 2. The van der Waals surface area contributed by atoms with Crippen molar-refractivity contribution in [2.75, 3.05) is 19.7 Å². The van der Waals surface area contributed by atoms with Crippen LogP contribution in [0.2, 0.25) is 5.02 Å². The number of amides is 1. The molecule has 112 valence electrons. The number of nitrogens with zero attached hydrogens (tertiary/aromatic N) is 3. The third-order valence-corrected chi connectivity index (χ3v) is 4.41. The van der Waals surface area contributed by atoms with Gasteiger partial charge in [-0.15, -0.1) is 0 Å². The third-order valence-electron chi connectivity index (χ3n) is 3.96. The van der Waals surface area contributed by atoms with E-state index in [0.29, 0.717) is 37.4 Å². The van der Waals surface area contributed by atoms with Gasteiger partial charge in [0, 0.05) is 20.1 Å². The van der Waals surface area contributed by atoms with Crippen molar-refractivity contribution >= 4 is 17.5 Å². The molecular weight excluding hydrogens is 282 g/mol. The van der Waals surface area contributed by atoms with Gasteiger partial charge in [-0.2, -0.15) is 5.10 Å². The Morgan fingerprint density at radius 3 is 2.70 bits per heavy atom. The van der Waals surface area contributed by atoms with Crippen LogP contribution in [0, 0.1) is 6.92 Å². The van der Waals surface area contributed by atoms with E-state index in [1.807, 2.05) is 0 Å². The molecule has 1 amide bonds. The van der Waals surface area contributed by atoms with Gasteiger partial charge in [-0.05, 0) is 26.2 Å². The summed E-state index contributed by atoms with van der Waals surface area (Å²) >= 11 is 6.13. The molecule has 0 saturated carbocycles. The van der Waals surface area contributed by atoms with Crippen molar-refractivity contribution in [2.24, 2.45) is 7.05 Å². The molecule has 1 atom stereocenters. The monoisotopic (exact) mass is 301 g/mol. The predicted octanol–water partition coefficient (Wildman–Crippen LogP) is 0.731. The van der Waals surface area contributed by atoms with Gasteiger partial charge in [0.05, 0.1) is 22.9 Å². The molecular formula is C13H20ClN3O3. The van der Waals surface area contributed by atoms with E-state index in [0.717, 1.165) is 5.69 Å². The summed E-state index contributed by atoms with van der Waals surface area (Å²) in [5.74, 6) is -0.221. The topological polar surface area (TPSA) is 78.6 Å². The van der Waals surface area contributed by atoms with Crippen LogP contribution in [-0.2, 0) is 7.05 Å². The minimum atomic E-state index is -1.08. The first-order valence-electron chi connectivity index (χ1n) is 6.69. The van der Waals surface area contributed by atoms with Crippen molar-refractivity contribution in [3.63, 3.8) is 0 Å². The number of aliphatic hydroxyl groups excluding tert-OH is 1. The Morgan fingerprint density at radius 2 is 2.15 bits per heavy atom. The number of rotatable bonds is 2. The fourth-order valence-electron chi connectivity index (χ4n) is 2.41. The highest BCUT2D eigenvalue weighted by atomic mass is 35.5. The van der Waals surface area contributed by atoms with Crippen molar-refractivity contribution in [3.8, 4) is 0 Å². The standard InChI is InChI=1S/C13H20ClN3O3/c1-9-10(14)11(15-16(9)2)12(19)17-6-3-4-13(20,8-18)5-7-17/h18,20H,3-8H2,1-2H3/t13-/m1/s1. The average Bonchev–Trinajstić information content (AvgIpc) is 2.61. The van der Waals surface area contributed by atoms with Gasteiger partial charge in [0.25, 0.3) is 5.91 Å². The van der Waals surface area contributed by atoms with E-state index in [2.05, 4.69) is 5.10 Å². The number of carbonyl (C=O) groups excluding carboxylic acids is 1. The highest BCUT2D eigenvalue weighted by molar-refractivity contribution is 6.34. The first-order chi connectivity index (χ1) is 9.38. The molecule has 0 aliphatic carbocycles. The highest BCUT2D eigenvalue weighted by Crippen LogP contribution is 2.25. The molecule has 1 aromatic rings. The van der Waals surface area contributed by atoms with E-state index in [9.17, 15) is 15.0 Å². The quantitative estimate of drug-likeness (QED) is 0.844. The molecule has 1 saturated heterocycles. The van der Waals surface area contributed by atoms with Gasteiger partial charge in [0.1, 0.15) is 0 Å². The maximum atomic E-state index is 12.5. The second-order valence-corrected chi connectivity index (χ2v) is 5.78. The van der Waals surface area contributed by atoms with Crippen molar-refractivity contribution < 1.29 is 15.0 Å². The van der Waals surface area contributed by atoms with Crippen LogP contribution in [0.4, 0.5) is 0 Å². The molecule has 2 heterocycles. The molecule has 1 aliphatic rings. The minimum Gasteiger partial charge on any atom is -0.393 e. The lowest BCUT2D eigenvalue weighted by Crippen LogP contribution is -2.36. The van der Waals surface area contributed by atoms with Crippen molar-refractivity contribution in [3.05, 3.63) is 16.4 Å². The lowest BCUT2D eigenvalue weighted by atomic mass is 9.96. The Balaban J connectivity index is 2.15. The van der Waals surface area contributed by atoms with E-state index in [1.165, 1.54) is 0 Å². The summed E-state index contributed by atoms with van der Waals surface area (Å²) in [5, 5.41) is 23.8. The van der Waals surface area contributed by atoms with Crippen molar-refractivity contribution in [1.29, 1.82) is 0 Å². The zero-order valence-corrected chi connectivity index (χ0v) is 12.5. The number of aromatic nitrogens is 2. The van der Waals surface area contributed by atoms with Gasteiger partial charge < -0.3 is 15.1 Å². The Morgan fingerprint density at radius 1 is 1.45 bits per heavy atom. The summed E-state index contributed by atoms with van der Waals surface area (Å²) in [6, 6.07) is 0. The van der Waals surface area contributed by atoms with Crippen LogP contribution in [0.15, 0.2) is 0 Å². The fraction of sp³-hybridized carbons (Fsp3) is 0.692. The first-order valence-corrected chi connectivity index (χ1v) is 7.07. The molecule has 1 fully saturated rings. The largest absolute Gasteiger partial charge is 0.393 e. The number of aliphatic hydroxyl groups is 2. The summed E-state index contributed by atoms with van der Waals surface area (Å²) in [6.45, 7) is 2.45. The van der Waals surface area contributed by atoms with Crippen LogP contribution in [-0.4, -0.2) is 56.1 Å². The summed E-state index contributed by atoms with van der Waals surface area (Å²) < 4.78 is 1.58. The highest BCUT2D eigenvalue weighted by Gasteiger charge is 2.32. The zero-order valence-electron chi connectivity index (χ0n) is 11.8. The summed E-state index contributed by atoms with van der Waals surface area (Å²) in [5.41, 5.74) is -0.0865. The van der Waals surface area contributed by atoms with Crippen LogP contribution in [0.5, 0.6) is 0 Å². The molecule has 0 unspecified atom stereocenters. The van der Waals surface area contributed by atoms with E-state index in [1.54, 1.807) is 23.6 Å². The van der Waals surface area contributed by atoms with E-state index in [4.69, 9.17) is 11.6 Å². The van der Waals surface area contributed by atoms with Gasteiger partial charge in [-0.3, -0.25) is 9.48 Å². The van der Waals surface area contributed by atoms with Gasteiger partial charge in [-0.1, -0.05) is 11.6 Å². The van der Waals surface area contributed by atoms with Crippen molar-refractivity contribution in [1.82, 2.24) is 14.7 Å². The molecule has 1 aromatic heterocycles. The molecule has 7 heteroatoms. The zero-order chi connectivity index (χ0) is 14.9. The van der Waals surface area contributed by atoms with Crippen LogP contribution < -0.4 is 0 Å². The Hall–Kier alpha value is -1.11. The summed E-state index contributed by atoms with van der Waals surface area (Å²) in [6.07, 6.45) is 1.49. The SMILES string of the molecule is Cc1c(Cl)c(C(=O)N2CCC[C@](O)(CO)CC2)nn1C. The first kappa shape index (κ1) is 15.3. The number of likely N-dealkylation sites (tertiary alicyclic amines) is 1. The maximum Gasteiger partial charge on any atom is 0.275 e. The molecule has 0 spiro atoms. The fourth-order valence-corrected chi connectivity index (χ4v) is 2.65. The Bertz CT molecular complexity index is 517. The lowest BCUT2D eigenvalue weighted by Gasteiger charge is -2.24. The number of aryl methyl sites for hydroxylation is 1. The molecule has 6 nitrogen and oxygen atoms in total. The van der Waals surface area contributed by atoms with Crippen LogP contribution >= 0.6 is 11.6 Å². The smallest absolute Gasteiger partial charge is 0.275 e. The molecule has 1 aliphatic heterocycles. The van der Waals surface area contributed by atoms with E-state index < -0.39 is 5.60 Å². The normalized spacial score (nSPS) is 23.8. The molecule has 2 rings (SSSR count). The molecule has 0 aromatic carbocycles. The van der Waals surface area contributed by atoms with Gasteiger partial charge in [0.15, 0.2) is 5.69 Å². The summed E-state index contributed by atoms with van der Waals surface area (Å²) in [4.78, 5) is 14.1. The van der Waals surface area contributed by atoms with E-state index >= 15 is 0 Å². The van der Waals surface area contributed by atoms with Gasteiger partial charge in [-0.25, -0.2) is 0 Å². The Kier molecular flexibility index (Phi) is 4.36. The number of halogens is 1. The predicted molar refractivity (Wildman–Crippen MR) is 74.7 cm³/mol.